The van der Waals surface area contributed by atoms with Crippen LogP contribution in [0.4, 0.5) is 4.79 Å². The van der Waals surface area contributed by atoms with Gasteiger partial charge < -0.3 is 9.64 Å². The number of hydrogen-bond acceptors (Lipinski definition) is 4. The van der Waals surface area contributed by atoms with Gasteiger partial charge in [0.05, 0.1) is 10.5 Å². The third-order valence-electron chi connectivity index (χ3n) is 4.91. The lowest BCUT2D eigenvalue weighted by Crippen LogP contribution is -2.27. The van der Waals surface area contributed by atoms with E-state index >= 15 is 0 Å². The Kier molecular flexibility index (Phi) is 8.21. The van der Waals surface area contributed by atoms with Crippen molar-refractivity contribution in [3.05, 3.63) is 82.7 Å². The zero-order valence-electron chi connectivity index (χ0n) is 19.7. The summed E-state index contributed by atoms with van der Waals surface area (Å²) in [6.07, 6.45) is -0.367. The summed E-state index contributed by atoms with van der Waals surface area (Å²) in [7, 11) is 0.439. The van der Waals surface area contributed by atoms with Crippen molar-refractivity contribution < 1.29 is 13.7 Å². The van der Waals surface area contributed by atoms with Crippen molar-refractivity contribution in [2.24, 2.45) is 4.40 Å². The van der Waals surface area contributed by atoms with Gasteiger partial charge in [-0.3, -0.25) is 0 Å². The molecule has 0 bridgehead atoms. The van der Waals surface area contributed by atoms with Crippen LogP contribution in [-0.2, 0) is 28.9 Å². The van der Waals surface area contributed by atoms with Crippen LogP contribution in [-0.4, -0.2) is 32.7 Å². The second-order valence-electron chi connectivity index (χ2n) is 8.76. The molecular weight excluding hydrogens is 452 g/mol. The first kappa shape index (κ1) is 24.9. The van der Waals surface area contributed by atoms with Crippen LogP contribution in [0.3, 0.4) is 0 Å². The Morgan fingerprint density at radius 1 is 1.03 bits per heavy atom. The summed E-state index contributed by atoms with van der Waals surface area (Å²) >= 11 is 1.60. The Bertz CT molecular complexity index is 1150. The first-order valence-electron chi connectivity index (χ1n) is 10.7. The number of rotatable bonds is 7. The van der Waals surface area contributed by atoms with Gasteiger partial charge in [-0.25, -0.2) is 9.00 Å². The van der Waals surface area contributed by atoms with Crippen LogP contribution in [0.25, 0.3) is 10.4 Å². The van der Waals surface area contributed by atoms with Gasteiger partial charge in [0, 0.05) is 23.3 Å². The molecule has 7 heteroatoms. The third kappa shape index (κ3) is 6.85. The zero-order valence-corrected chi connectivity index (χ0v) is 21.3. The van der Waals surface area contributed by atoms with E-state index in [1.54, 1.807) is 23.3 Å². The van der Waals surface area contributed by atoms with E-state index in [0.717, 1.165) is 32.2 Å². The predicted octanol–water partition coefficient (Wildman–Crippen LogP) is 6.45. The maximum Gasteiger partial charge on any atom is 0.410 e. The van der Waals surface area contributed by atoms with Crippen molar-refractivity contribution in [1.82, 2.24) is 4.90 Å². The predicted molar refractivity (Wildman–Crippen MR) is 138 cm³/mol. The van der Waals surface area contributed by atoms with Gasteiger partial charge >= 0.3 is 6.09 Å². The van der Waals surface area contributed by atoms with E-state index in [-0.39, 0.29) is 12.7 Å². The van der Waals surface area contributed by atoms with Crippen molar-refractivity contribution in [2.75, 3.05) is 7.05 Å². The van der Waals surface area contributed by atoms with Crippen molar-refractivity contribution in [3.8, 4) is 10.4 Å². The number of thiophene rings is 1. The Morgan fingerprint density at radius 3 is 2.39 bits per heavy atom. The smallest absolute Gasteiger partial charge is 0.410 e. The third-order valence-corrected chi connectivity index (χ3v) is 7.63. The van der Waals surface area contributed by atoms with Crippen molar-refractivity contribution in [1.29, 1.82) is 0 Å². The van der Waals surface area contributed by atoms with Crippen molar-refractivity contribution >= 4 is 34.1 Å². The molecular formula is C26H30N2O3S2. The van der Waals surface area contributed by atoms with Gasteiger partial charge in [-0.15, -0.1) is 11.3 Å². The molecule has 0 saturated heterocycles. The number of hydrogen-bond donors (Lipinski definition) is 0. The molecule has 5 nitrogen and oxygen atoms in total. The molecule has 0 fully saturated rings. The van der Waals surface area contributed by atoms with Crippen LogP contribution in [0.5, 0.6) is 0 Å². The van der Waals surface area contributed by atoms with Gasteiger partial charge in [0.15, 0.2) is 0 Å². The minimum Gasteiger partial charge on any atom is -0.445 e. The van der Waals surface area contributed by atoms with Gasteiger partial charge in [0.1, 0.15) is 17.6 Å². The molecule has 0 aliphatic carbocycles. The normalized spacial score (nSPS) is 12.9. The first-order valence-corrected chi connectivity index (χ1v) is 12.6. The molecule has 33 heavy (non-hydrogen) atoms. The van der Waals surface area contributed by atoms with E-state index in [2.05, 4.69) is 4.40 Å². The largest absolute Gasteiger partial charge is 0.445 e. The van der Waals surface area contributed by atoms with E-state index in [4.69, 9.17) is 4.74 Å². The summed E-state index contributed by atoms with van der Waals surface area (Å²) in [5.74, 6) is 0. The maximum absolute atomic E-state index is 12.5. The monoisotopic (exact) mass is 482 g/mol. The summed E-state index contributed by atoms with van der Waals surface area (Å²) in [4.78, 5) is 16.1. The molecule has 1 aromatic heterocycles. The number of amides is 1. The van der Waals surface area contributed by atoms with Gasteiger partial charge in [-0.1, -0.05) is 54.6 Å². The number of carbonyl (C=O) groups excluding carboxylic acids is 1. The molecule has 0 aliphatic heterocycles. The zero-order chi connectivity index (χ0) is 24.0. The molecule has 2 aromatic carbocycles. The molecule has 1 heterocycles. The fourth-order valence-electron chi connectivity index (χ4n) is 3.03. The number of ether oxygens (including phenoxy) is 1. The summed E-state index contributed by atoms with van der Waals surface area (Å²) in [6.45, 7) is 8.31. The molecule has 174 valence electrons. The number of nitrogens with zero attached hydrogens (tertiary/aromatic N) is 2. The minimum atomic E-state index is -1.30. The first-order chi connectivity index (χ1) is 15.6. The van der Waals surface area contributed by atoms with E-state index in [9.17, 15) is 9.00 Å². The second-order valence-corrected chi connectivity index (χ2v) is 11.7. The fourth-order valence-corrected chi connectivity index (χ4v) is 4.72. The van der Waals surface area contributed by atoms with Crippen LogP contribution >= 0.6 is 11.3 Å². The molecule has 0 saturated carbocycles. The minimum absolute atomic E-state index is 0.245. The Hall–Kier alpha value is -2.77. The maximum atomic E-state index is 12.5. The average Bonchev–Trinajstić information content (AvgIpc) is 3.28. The highest BCUT2D eigenvalue weighted by Gasteiger charge is 2.20. The van der Waals surface area contributed by atoms with Crippen molar-refractivity contribution in [3.63, 3.8) is 0 Å². The number of carbonyl (C=O) groups is 1. The van der Waals surface area contributed by atoms with E-state index in [1.807, 2.05) is 94.4 Å². The Labute approximate surface area is 202 Å². The van der Waals surface area contributed by atoms with E-state index < -0.39 is 15.7 Å². The molecule has 3 aromatic rings. The van der Waals surface area contributed by atoms with Crippen molar-refractivity contribution in [2.45, 2.75) is 45.6 Å². The Balaban J connectivity index is 1.72. The second kappa shape index (κ2) is 10.9. The summed E-state index contributed by atoms with van der Waals surface area (Å²) in [5.41, 5.74) is 3.80. The summed E-state index contributed by atoms with van der Waals surface area (Å²) in [5, 5.41) is 0. The van der Waals surface area contributed by atoms with Crippen LogP contribution < -0.4 is 0 Å². The standard InChI is InChI=1S/C26H30N2O3S2/c1-19(27-33(30)26(2,3)4)23-15-16-24(32-23)22-14-10-9-13-21(22)17-28(5)25(29)31-18-20-11-7-6-8-12-20/h6-16H,17-18H2,1-5H3/b27-19+/t33-/m1/s1. The SMILES string of the molecule is C/C(=N\[S@](=O)C(C)(C)C)c1ccc(-c2ccccc2CN(C)C(=O)OCc2ccccc2)s1. The van der Waals surface area contributed by atoms with Gasteiger partial charge in [-0.05, 0) is 56.5 Å². The van der Waals surface area contributed by atoms with Gasteiger partial charge in [0.2, 0.25) is 0 Å². The molecule has 0 unspecified atom stereocenters. The fraction of sp³-hybridized carbons (Fsp3) is 0.308. The molecule has 0 spiro atoms. The summed E-state index contributed by atoms with van der Waals surface area (Å²) in [6, 6.07) is 21.7. The average molecular weight is 483 g/mol. The molecule has 1 amide bonds. The quantitative estimate of drug-likeness (QED) is 0.363. The summed E-state index contributed by atoms with van der Waals surface area (Å²) < 4.78 is 21.8. The highest BCUT2D eigenvalue weighted by Crippen LogP contribution is 2.32. The van der Waals surface area contributed by atoms with Crippen LogP contribution in [0.15, 0.2) is 71.1 Å². The number of benzene rings is 2. The highest BCUT2D eigenvalue weighted by molar-refractivity contribution is 7.85. The van der Waals surface area contributed by atoms with Gasteiger partial charge in [-0.2, -0.15) is 4.40 Å². The van der Waals surface area contributed by atoms with E-state index in [1.165, 1.54) is 0 Å². The molecule has 1 atom stereocenters. The molecule has 0 aliphatic rings. The van der Waals surface area contributed by atoms with Crippen LogP contribution in [0.2, 0.25) is 0 Å². The molecule has 0 radical (unpaired) electrons. The van der Waals surface area contributed by atoms with Crippen LogP contribution in [0, 0.1) is 0 Å². The van der Waals surface area contributed by atoms with Gasteiger partial charge in [0.25, 0.3) is 0 Å². The topological polar surface area (TPSA) is 59.0 Å². The Morgan fingerprint density at radius 2 is 1.70 bits per heavy atom. The van der Waals surface area contributed by atoms with Crippen LogP contribution in [0.1, 0.15) is 43.7 Å². The lowest BCUT2D eigenvalue weighted by molar-refractivity contribution is 0.103. The van der Waals surface area contributed by atoms with E-state index in [0.29, 0.717) is 6.54 Å². The highest BCUT2D eigenvalue weighted by atomic mass is 32.2. The lowest BCUT2D eigenvalue weighted by atomic mass is 10.1. The molecule has 0 N–H and O–H groups in total. The molecule has 3 rings (SSSR count). The lowest BCUT2D eigenvalue weighted by Gasteiger charge is -2.19.